The summed E-state index contributed by atoms with van der Waals surface area (Å²) in [7, 11) is 0. The van der Waals surface area contributed by atoms with Crippen molar-refractivity contribution in [2.24, 2.45) is 23.2 Å². The first kappa shape index (κ1) is 19.7. The maximum Gasteiger partial charge on any atom is 0.226 e. The molecule has 4 nitrogen and oxygen atoms in total. The summed E-state index contributed by atoms with van der Waals surface area (Å²) in [6.45, 7) is 0. The van der Waals surface area contributed by atoms with Crippen LogP contribution in [0, 0.1) is 23.2 Å². The number of hydrogen-bond acceptors (Lipinski definition) is 3. The molecule has 0 spiro atoms. The highest BCUT2D eigenvalue weighted by Crippen LogP contribution is 2.61. The molecule has 156 valence electrons. The van der Waals surface area contributed by atoms with Crippen molar-refractivity contribution < 1.29 is 4.79 Å². The number of nitrogens with zero attached hydrogens (tertiary/aromatic N) is 1. The first-order chi connectivity index (χ1) is 14.6. The molecule has 2 aromatic rings. The van der Waals surface area contributed by atoms with Crippen molar-refractivity contribution in [1.29, 1.82) is 0 Å². The van der Waals surface area contributed by atoms with Gasteiger partial charge in [-0.2, -0.15) is 0 Å². The third-order valence-electron chi connectivity index (χ3n) is 7.32. The van der Waals surface area contributed by atoms with Gasteiger partial charge < -0.3 is 10.6 Å². The lowest BCUT2D eigenvalue weighted by Gasteiger charge is -2.56. The summed E-state index contributed by atoms with van der Waals surface area (Å²) in [6.07, 6.45) is 13.1. The Morgan fingerprint density at radius 1 is 0.933 bits per heavy atom. The predicted octanol–water partition coefficient (Wildman–Crippen LogP) is 5.09. The standard InChI is InChI=1S/C25H29N3OS/c29-23(16-25-13-19-10-20(14-25)12-21(11-19)15-25)28-24(30)27-22-3-1-17(2-4-22)9-18-5-7-26-8-6-18/h1-8,19-21H,9-16H2,(H2,27,28,29,30). The first-order valence-electron chi connectivity index (χ1n) is 11.1. The fraction of sp³-hybridized carbons (Fsp3) is 0.480. The van der Waals surface area contributed by atoms with Crippen LogP contribution < -0.4 is 10.6 Å². The normalized spacial score (nSPS) is 28.9. The number of aromatic nitrogens is 1. The van der Waals surface area contributed by atoms with Gasteiger partial charge in [0.1, 0.15) is 0 Å². The number of carbonyl (C=O) groups excluding carboxylic acids is 1. The van der Waals surface area contributed by atoms with Gasteiger partial charge >= 0.3 is 0 Å². The van der Waals surface area contributed by atoms with Gasteiger partial charge in [0.05, 0.1) is 0 Å². The smallest absolute Gasteiger partial charge is 0.226 e. The Labute approximate surface area is 183 Å². The molecule has 6 rings (SSSR count). The predicted molar refractivity (Wildman–Crippen MR) is 123 cm³/mol. The molecule has 4 aliphatic rings. The van der Waals surface area contributed by atoms with Crippen LogP contribution in [0.2, 0.25) is 0 Å². The molecule has 1 heterocycles. The third-order valence-corrected chi connectivity index (χ3v) is 7.53. The van der Waals surface area contributed by atoms with Crippen LogP contribution in [0.1, 0.15) is 56.1 Å². The largest absolute Gasteiger partial charge is 0.332 e. The zero-order chi connectivity index (χ0) is 20.6. The van der Waals surface area contributed by atoms with E-state index in [0.29, 0.717) is 11.5 Å². The Kier molecular flexibility index (Phi) is 5.32. The lowest BCUT2D eigenvalue weighted by Crippen LogP contribution is -2.48. The second-order valence-corrected chi connectivity index (χ2v) is 10.2. The van der Waals surface area contributed by atoms with Gasteiger partial charge in [0.2, 0.25) is 5.91 Å². The van der Waals surface area contributed by atoms with Gasteiger partial charge in [-0.25, -0.2) is 0 Å². The molecule has 0 aliphatic heterocycles. The van der Waals surface area contributed by atoms with E-state index in [2.05, 4.69) is 27.8 Å². The molecule has 2 N–H and O–H groups in total. The summed E-state index contributed by atoms with van der Waals surface area (Å²) in [4.78, 5) is 16.8. The van der Waals surface area contributed by atoms with Crippen molar-refractivity contribution >= 4 is 28.9 Å². The summed E-state index contributed by atoms with van der Waals surface area (Å²) < 4.78 is 0. The quantitative estimate of drug-likeness (QED) is 0.663. The van der Waals surface area contributed by atoms with Crippen molar-refractivity contribution in [2.45, 2.75) is 51.4 Å². The monoisotopic (exact) mass is 419 g/mol. The number of rotatable bonds is 5. The van der Waals surface area contributed by atoms with Crippen LogP contribution in [0.5, 0.6) is 0 Å². The van der Waals surface area contributed by atoms with Gasteiger partial charge in [0.15, 0.2) is 5.11 Å². The molecule has 5 heteroatoms. The molecular weight excluding hydrogens is 390 g/mol. The highest BCUT2D eigenvalue weighted by Gasteiger charge is 2.51. The number of thiocarbonyl (C=S) groups is 1. The molecule has 30 heavy (non-hydrogen) atoms. The molecule has 1 aromatic carbocycles. The Morgan fingerprint density at radius 3 is 2.10 bits per heavy atom. The molecule has 0 unspecified atom stereocenters. The van der Waals surface area contributed by atoms with E-state index < -0.39 is 0 Å². The van der Waals surface area contributed by atoms with Crippen LogP contribution in [-0.4, -0.2) is 16.0 Å². The fourth-order valence-electron chi connectivity index (χ4n) is 6.62. The van der Waals surface area contributed by atoms with Crippen molar-refractivity contribution in [3.05, 3.63) is 59.9 Å². The van der Waals surface area contributed by atoms with Gasteiger partial charge in [-0.3, -0.25) is 9.78 Å². The molecule has 0 radical (unpaired) electrons. The maximum atomic E-state index is 12.7. The third kappa shape index (κ3) is 4.41. The van der Waals surface area contributed by atoms with E-state index in [1.165, 1.54) is 49.7 Å². The van der Waals surface area contributed by atoms with Gasteiger partial charge in [-0.1, -0.05) is 12.1 Å². The maximum absolute atomic E-state index is 12.7. The van der Waals surface area contributed by atoms with Crippen LogP contribution in [0.15, 0.2) is 48.8 Å². The first-order valence-corrected chi connectivity index (χ1v) is 11.5. The van der Waals surface area contributed by atoms with E-state index in [1.54, 1.807) is 0 Å². The van der Waals surface area contributed by atoms with Gasteiger partial charge in [0.25, 0.3) is 0 Å². The second kappa shape index (κ2) is 8.10. The topological polar surface area (TPSA) is 54.0 Å². The van der Waals surface area contributed by atoms with E-state index in [4.69, 9.17) is 12.2 Å². The van der Waals surface area contributed by atoms with Crippen molar-refractivity contribution in [2.75, 3.05) is 5.32 Å². The van der Waals surface area contributed by atoms with E-state index in [1.807, 2.05) is 36.7 Å². The van der Waals surface area contributed by atoms with Crippen LogP contribution >= 0.6 is 12.2 Å². The minimum atomic E-state index is 0.0729. The van der Waals surface area contributed by atoms with Crippen LogP contribution in [0.3, 0.4) is 0 Å². The molecule has 4 aliphatic carbocycles. The molecule has 4 fully saturated rings. The summed E-state index contributed by atoms with van der Waals surface area (Å²) in [5, 5.41) is 6.49. The lowest BCUT2D eigenvalue weighted by molar-refractivity contribution is -0.127. The molecule has 1 amide bonds. The van der Waals surface area contributed by atoms with E-state index >= 15 is 0 Å². The average Bonchev–Trinajstić information content (AvgIpc) is 2.68. The average molecular weight is 420 g/mol. The molecule has 1 aromatic heterocycles. The van der Waals surface area contributed by atoms with Crippen molar-refractivity contribution in [3.63, 3.8) is 0 Å². The van der Waals surface area contributed by atoms with Crippen molar-refractivity contribution in [1.82, 2.24) is 10.3 Å². The van der Waals surface area contributed by atoms with Crippen LogP contribution in [-0.2, 0) is 11.2 Å². The Hall–Kier alpha value is -2.27. The minimum absolute atomic E-state index is 0.0729. The second-order valence-electron chi connectivity index (χ2n) is 9.83. The zero-order valence-electron chi connectivity index (χ0n) is 17.3. The van der Waals surface area contributed by atoms with Crippen LogP contribution in [0.25, 0.3) is 0 Å². The number of anilines is 1. The summed E-state index contributed by atoms with van der Waals surface area (Å²) >= 11 is 5.41. The number of pyridine rings is 1. The molecule has 4 bridgehead atoms. The summed E-state index contributed by atoms with van der Waals surface area (Å²) in [5.74, 6) is 2.66. The number of hydrogen-bond donors (Lipinski definition) is 2. The number of carbonyl (C=O) groups is 1. The number of benzene rings is 1. The Balaban J connectivity index is 1.13. The Morgan fingerprint density at radius 2 is 1.50 bits per heavy atom. The molecule has 4 saturated carbocycles. The van der Waals surface area contributed by atoms with E-state index in [-0.39, 0.29) is 11.3 Å². The SMILES string of the molecule is O=C(CC12CC3CC(CC(C3)C1)C2)NC(=S)Nc1ccc(Cc2ccncc2)cc1. The molecule has 0 saturated heterocycles. The highest BCUT2D eigenvalue weighted by molar-refractivity contribution is 7.80. The van der Waals surface area contributed by atoms with Crippen molar-refractivity contribution in [3.8, 4) is 0 Å². The van der Waals surface area contributed by atoms with Crippen LogP contribution in [0.4, 0.5) is 5.69 Å². The summed E-state index contributed by atoms with van der Waals surface area (Å²) in [6, 6.07) is 12.2. The minimum Gasteiger partial charge on any atom is -0.332 e. The highest BCUT2D eigenvalue weighted by atomic mass is 32.1. The zero-order valence-corrected chi connectivity index (χ0v) is 18.1. The number of nitrogens with one attached hydrogen (secondary N) is 2. The Bertz CT molecular complexity index is 890. The fourth-order valence-corrected chi connectivity index (χ4v) is 6.85. The number of amides is 1. The lowest BCUT2D eigenvalue weighted by atomic mass is 9.49. The van der Waals surface area contributed by atoms with Gasteiger partial charge in [0, 0.05) is 24.5 Å². The van der Waals surface area contributed by atoms with E-state index in [0.717, 1.165) is 29.9 Å². The van der Waals surface area contributed by atoms with Gasteiger partial charge in [-0.05, 0) is 116 Å². The summed E-state index contributed by atoms with van der Waals surface area (Å²) in [5.41, 5.74) is 3.60. The van der Waals surface area contributed by atoms with Gasteiger partial charge in [-0.15, -0.1) is 0 Å². The van der Waals surface area contributed by atoms with E-state index in [9.17, 15) is 4.79 Å². The molecular formula is C25H29N3OS. The molecule has 0 atom stereocenters.